The normalized spacial score (nSPS) is 30.5. The molecule has 0 radical (unpaired) electrons. The maximum Gasteiger partial charge on any atom is 0.405 e. The molecule has 4 amide bonds. The minimum Gasteiger partial charge on any atom is -0.494 e. The van der Waals surface area contributed by atoms with Crippen molar-refractivity contribution in [1.82, 2.24) is 25.2 Å². The van der Waals surface area contributed by atoms with Crippen LogP contribution in [0.4, 0.5) is 9.18 Å². The van der Waals surface area contributed by atoms with Crippen LogP contribution >= 0.6 is 0 Å². The van der Waals surface area contributed by atoms with Crippen molar-refractivity contribution in [1.29, 1.82) is 0 Å². The number of fused-ring (bicyclic) bond motifs is 3. The zero-order valence-corrected chi connectivity index (χ0v) is 29.6. The minimum atomic E-state index is -4.38. The molecular weight excluding hydrogens is 685 g/mol. The van der Waals surface area contributed by atoms with Crippen LogP contribution in [-0.2, 0) is 24.4 Å². The van der Waals surface area contributed by atoms with E-state index in [4.69, 9.17) is 9.47 Å². The van der Waals surface area contributed by atoms with E-state index in [2.05, 4.69) is 20.3 Å². The molecule has 16 heteroatoms. The number of nitrogens with one attached hydrogen (secondary N) is 3. The van der Waals surface area contributed by atoms with Crippen LogP contribution in [0.3, 0.4) is 0 Å². The van der Waals surface area contributed by atoms with Crippen LogP contribution in [0.1, 0.15) is 58.8 Å². The molecule has 3 fully saturated rings. The Labute approximate surface area is 295 Å². The number of halogens is 1. The minimum absolute atomic E-state index is 0.0361. The SMILES string of the molecule is COc1cnc(O[C@@H]2C[C@H]3C(=O)N[C@]4(C(=O)NS(=O)(=O)C5(CF)CC5)C[C@H]4C=CCCC(C)C[C@@H](C)[C@H](NC(=O)O)C(=O)N3C2)c2ccccc12. The number of hydrogen-bond acceptors (Lipinski definition) is 9. The molecule has 4 N–H and O–H groups in total. The Balaban J connectivity index is 1.34. The molecule has 3 heterocycles. The fourth-order valence-corrected chi connectivity index (χ4v) is 8.86. The van der Waals surface area contributed by atoms with Crippen molar-refractivity contribution in [3.8, 4) is 11.6 Å². The molecule has 4 aliphatic rings. The summed E-state index contributed by atoms with van der Waals surface area (Å²) in [5, 5.41) is 16.2. The number of alkyl halides is 1. The number of carbonyl (C=O) groups excluding carboxylic acids is 3. The number of ether oxygens (including phenoxy) is 2. The van der Waals surface area contributed by atoms with Gasteiger partial charge in [0, 0.05) is 23.1 Å². The van der Waals surface area contributed by atoms with Gasteiger partial charge in [-0.2, -0.15) is 0 Å². The first-order valence-electron chi connectivity index (χ1n) is 17.2. The molecule has 2 aromatic rings. The number of amides is 4. The van der Waals surface area contributed by atoms with E-state index < -0.39 is 80.8 Å². The van der Waals surface area contributed by atoms with E-state index in [1.807, 2.05) is 25.1 Å². The average molecular weight is 730 g/mol. The smallest absolute Gasteiger partial charge is 0.405 e. The lowest BCUT2D eigenvalue weighted by Gasteiger charge is -2.32. The highest BCUT2D eigenvalue weighted by Crippen LogP contribution is 2.48. The summed E-state index contributed by atoms with van der Waals surface area (Å²) in [4.78, 5) is 60.0. The van der Waals surface area contributed by atoms with Gasteiger partial charge in [-0.15, -0.1) is 0 Å². The Hall–Kier alpha value is -4.47. The highest BCUT2D eigenvalue weighted by Gasteiger charge is 2.64. The number of benzene rings is 1. The molecule has 14 nitrogen and oxygen atoms in total. The zero-order chi connectivity index (χ0) is 36.7. The van der Waals surface area contributed by atoms with Crippen molar-refractivity contribution >= 4 is 44.6 Å². The van der Waals surface area contributed by atoms with E-state index in [9.17, 15) is 37.1 Å². The summed E-state index contributed by atoms with van der Waals surface area (Å²) >= 11 is 0. The maximum atomic E-state index is 14.3. The summed E-state index contributed by atoms with van der Waals surface area (Å²) in [6.45, 7) is 2.55. The summed E-state index contributed by atoms with van der Waals surface area (Å²) in [6, 6.07) is 4.88. The van der Waals surface area contributed by atoms with E-state index in [1.165, 1.54) is 18.2 Å². The van der Waals surface area contributed by atoms with Gasteiger partial charge in [0.05, 0.1) is 19.9 Å². The number of carbonyl (C=O) groups is 4. The van der Waals surface area contributed by atoms with Gasteiger partial charge in [0.15, 0.2) is 0 Å². The topological polar surface area (TPSA) is 193 Å². The third-order valence-electron chi connectivity index (χ3n) is 10.8. The van der Waals surface area contributed by atoms with E-state index in [0.29, 0.717) is 30.4 Å². The molecule has 51 heavy (non-hydrogen) atoms. The number of allylic oxidation sites excluding steroid dienone is 1. The lowest BCUT2D eigenvalue weighted by atomic mass is 9.88. The summed E-state index contributed by atoms with van der Waals surface area (Å²) in [7, 11) is -2.86. The number of nitrogens with zero attached hydrogens (tertiary/aromatic N) is 2. The van der Waals surface area contributed by atoms with Crippen LogP contribution in [0, 0.1) is 17.8 Å². The van der Waals surface area contributed by atoms with Crippen molar-refractivity contribution in [2.75, 3.05) is 20.3 Å². The standard InChI is InChI=1S/C35H44FN5O9S/c1-20-8-4-5-9-22-16-35(22,32(44)40-51(47,48)34(19-36)12-13-34)39-29(42)26-15-23(18-41(26)31(43)28(21(2)14-20)38-33(45)46)50-30-25-11-7-6-10-24(25)27(49-3)17-37-30/h5-7,9-11,17,20-23,26,28,38H,4,8,12-16,18-19H2,1-3H3,(H,39,42)(H,40,44)(H,45,46)/t20?,21-,22-,23-,26+,28+,35-/m1/s1. The highest BCUT2D eigenvalue weighted by atomic mass is 32.2. The third kappa shape index (κ3) is 7.06. The molecule has 276 valence electrons. The second-order valence-electron chi connectivity index (χ2n) is 14.4. The van der Waals surface area contributed by atoms with Gasteiger partial charge < -0.3 is 30.1 Å². The number of sulfonamides is 1. The van der Waals surface area contributed by atoms with E-state index in [0.717, 1.165) is 5.39 Å². The zero-order valence-electron chi connectivity index (χ0n) is 28.8. The second kappa shape index (κ2) is 13.9. The fourth-order valence-electron chi connectivity index (χ4n) is 7.44. The molecule has 7 atom stereocenters. The Bertz CT molecular complexity index is 1850. The van der Waals surface area contributed by atoms with Gasteiger partial charge in [0.2, 0.25) is 27.7 Å². The van der Waals surface area contributed by atoms with Crippen LogP contribution in [0.5, 0.6) is 11.6 Å². The number of methoxy groups -OCH3 is 1. The first-order chi connectivity index (χ1) is 24.2. The number of pyridine rings is 1. The lowest BCUT2D eigenvalue weighted by molar-refractivity contribution is -0.142. The van der Waals surface area contributed by atoms with Gasteiger partial charge in [0.25, 0.3) is 5.91 Å². The molecule has 2 aliphatic heterocycles. The molecule has 1 saturated heterocycles. The molecule has 1 aromatic carbocycles. The van der Waals surface area contributed by atoms with E-state index >= 15 is 0 Å². The van der Waals surface area contributed by atoms with Gasteiger partial charge >= 0.3 is 6.09 Å². The fraction of sp³-hybridized carbons (Fsp3) is 0.571. The maximum absolute atomic E-state index is 14.3. The van der Waals surface area contributed by atoms with Crippen LogP contribution in [0.25, 0.3) is 10.8 Å². The van der Waals surface area contributed by atoms with E-state index in [-0.39, 0.29) is 44.0 Å². The molecule has 0 spiro atoms. The summed E-state index contributed by atoms with van der Waals surface area (Å²) in [6.07, 6.45) is 5.03. The average Bonchev–Trinajstić information content (AvgIpc) is 4.00. The summed E-state index contributed by atoms with van der Waals surface area (Å²) in [5.41, 5.74) is -1.66. The van der Waals surface area contributed by atoms with Crippen molar-refractivity contribution in [2.45, 2.75) is 87.3 Å². The van der Waals surface area contributed by atoms with Gasteiger partial charge in [-0.3, -0.25) is 19.1 Å². The van der Waals surface area contributed by atoms with Crippen LogP contribution in [0.15, 0.2) is 42.6 Å². The van der Waals surface area contributed by atoms with Crippen molar-refractivity contribution in [2.24, 2.45) is 17.8 Å². The van der Waals surface area contributed by atoms with Crippen molar-refractivity contribution < 1.29 is 46.6 Å². The van der Waals surface area contributed by atoms with Gasteiger partial charge in [-0.1, -0.05) is 44.2 Å². The number of rotatable bonds is 8. The molecule has 1 aromatic heterocycles. The predicted molar refractivity (Wildman–Crippen MR) is 183 cm³/mol. The summed E-state index contributed by atoms with van der Waals surface area (Å²) in [5.74, 6) is -2.47. The first-order valence-corrected chi connectivity index (χ1v) is 18.7. The number of hydrogen-bond donors (Lipinski definition) is 4. The van der Waals surface area contributed by atoms with Crippen LogP contribution < -0.4 is 24.8 Å². The van der Waals surface area contributed by atoms with Crippen LogP contribution in [-0.4, -0.2) is 96.0 Å². The molecule has 0 bridgehead atoms. The highest BCUT2D eigenvalue weighted by molar-refractivity contribution is 7.91. The van der Waals surface area contributed by atoms with Crippen LogP contribution in [0.2, 0.25) is 0 Å². The van der Waals surface area contributed by atoms with Gasteiger partial charge in [0.1, 0.15) is 40.9 Å². The Morgan fingerprint density at radius 2 is 1.88 bits per heavy atom. The van der Waals surface area contributed by atoms with Gasteiger partial charge in [-0.05, 0) is 56.4 Å². The quantitative estimate of drug-likeness (QED) is 0.294. The van der Waals surface area contributed by atoms with Crippen molar-refractivity contribution in [3.05, 3.63) is 42.6 Å². The van der Waals surface area contributed by atoms with Gasteiger partial charge in [-0.25, -0.2) is 22.6 Å². The first kappa shape index (κ1) is 36.3. The third-order valence-corrected chi connectivity index (χ3v) is 12.9. The molecule has 2 aliphatic carbocycles. The Morgan fingerprint density at radius 3 is 2.55 bits per heavy atom. The monoisotopic (exact) mass is 729 g/mol. The molecular formula is C35H44FN5O9S. The predicted octanol–water partition coefficient (Wildman–Crippen LogP) is 3.06. The number of aromatic nitrogens is 1. The molecule has 1 unspecified atom stereocenters. The largest absolute Gasteiger partial charge is 0.494 e. The Kier molecular flexibility index (Phi) is 9.92. The lowest BCUT2D eigenvalue weighted by Crippen LogP contribution is -2.59. The summed E-state index contributed by atoms with van der Waals surface area (Å²) < 4.78 is 52.1. The second-order valence-corrected chi connectivity index (χ2v) is 16.5. The molecule has 2 saturated carbocycles. The molecule has 6 rings (SSSR count). The van der Waals surface area contributed by atoms with Crippen molar-refractivity contribution in [3.63, 3.8) is 0 Å². The van der Waals surface area contributed by atoms with E-state index in [1.54, 1.807) is 25.1 Å². The Morgan fingerprint density at radius 1 is 1.16 bits per heavy atom. The number of carboxylic acid groups (broad SMARTS) is 1.